The lowest BCUT2D eigenvalue weighted by Crippen LogP contribution is -2.13. The molecule has 0 aliphatic rings. The molecule has 4 rings (SSSR count). The van der Waals surface area contributed by atoms with Gasteiger partial charge in [-0.2, -0.15) is 15.5 Å². The van der Waals surface area contributed by atoms with Gasteiger partial charge in [-0.15, -0.1) is 0 Å². The molecular formula is C20H16Br2N8O. The molecule has 4 aromatic rings. The van der Waals surface area contributed by atoms with Crippen LogP contribution in [0.25, 0.3) is 11.4 Å². The van der Waals surface area contributed by atoms with Crippen molar-refractivity contribution in [1.82, 2.24) is 19.6 Å². The van der Waals surface area contributed by atoms with Gasteiger partial charge >= 0.3 is 0 Å². The third-order valence-electron chi connectivity index (χ3n) is 4.14. The van der Waals surface area contributed by atoms with E-state index in [0.717, 1.165) is 20.3 Å². The molecular weight excluding hydrogens is 528 g/mol. The van der Waals surface area contributed by atoms with E-state index in [9.17, 15) is 4.79 Å². The van der Waals surface area contributed by atoms with Gasteiger partial charge in [0, 0.05) is 8.95 Å². The molecule has 9 nitrogen and oxygen atoms in total. The Kier molecular flexibility index (Phi) is 6.74. The van der Waals surface area contributed by atoms with E-state index >= 15 is 0 Å². The van der Waals surface area contributed by atoms with E-state index < -0.39 is 5.91 Å². The minimum atomic E-state index is -0.583. The van der Waals surface area contributed by atoms with E-state index in [1.165, 1.54) is 21.8 Å². The number of aromatic nitrogens is 4. The maximum absolute atomic E-state index is 11.0. The molecule has 0 aliphatic carbocycles. The van der Waals surface area contributed by atoms with Crippen molar-refractivity contribution in [3.63, 3.8) is 0 Å². The van der Waals surface area contributed by atoms with Crippen molar-refractivity contribution in [2.75, 3.05) is 11.5 Å². The van der Waals surface area contributed by atoms with Gasteiger partial charge in [-0.05, 0) is 48.5 Å². The number of carbonyl (C=O) groups excluding carboxylic acids is 1. The Bertz CT molecular complexity index is 1250. The summed E-state index contributed by atoms with van der Waals surface area (Å²) in [5, 5.41) is 16.8. The van der Waals surface area contributed by atoms with Gasteiger partial charge in [-0.1, -0.05) is 31.9 Å². The van der Waals surface area contributed by atoms with Crippen LogP contribution in [0.15, 0.2) is 69.9 Å². The molecule has 0 aliphatic heterocycles. The Hall–Kier alpha value is -3.62. The molecule has 0 unspecified atom stereocenters. The highest BCUT2D eigenvalue weighted by atomic mass is 79.9. The summed E-state index contributed by atoms with van der Waals surface area (Å²) in [6.45, 7) is 0. The zero-order valence-corrected chi connectivity index (χ0v) is 19.1. The first kappa shape index (κ1) is 22.1. The zero-order chi connectivity index (χ0) is 22.5. The highest BCUT2D eigenvalue weighted by Gasteiger charge is 2.13. The largest absolute Gasteiger partial charge is 0.383 e. The second-order valence-corrected chi connectivity index (χ2v) is 7.97. The van der Waals surface area contributed by atoms with E-state index in [1.54, 1.807) is 0 Å². The highest BCUT2D eigenvalue weighted by molar-refractivity contribution is 9.10. The first-order chi connectivity index (χ1) is 14.8. The highest BCUT2D eigenvalue weighted by Crippen LogP contribution is 2.19. The minimum absolute atomic E-state index is 0.225. The Morgan fingerprint density at radius 2 is 1.29 bits per heavy atom. The number of hydrogen-bond acceptors (Lipinski definition) is 6. The van der Waals surface area contributed by atoms with Gasteiger partial charge in [0.05, 0.1) is 23.8 Å². The van der Waals surface area contributed by atoms with Crippen LogP contribution in [0.5, 0.6) is 0 Å². The summed E-state index contributed by atoms with van der Waals surface area (Å²) < 4.78 is 4.94. The number of nitrogen functional groups attached to an aromatic ring is 2. The standard InChI is InChI=1S/C10H9BrN4O.C10H7BrN4/c11-6-1-3-7(4-2-6)15-9(12)8(5-14-15)10(13)16;11-8-1-3-9(4-2-8)15-10(13)7(5-12)6-14-15/h1-5H,12H2,(H2,13,16);1-4,6H,13H2. The monoisotopic (exact) mass is 542 g/mol. The van der Waals surface area contributed by atoms with Crippen LogP contribution < -0.4 is 17.2 Å². The van der Waals surface area contributed by atoms with E-state index in [0.29, 0.717) is 11.4 Å². The summed E-state index contributed by atoms with van der Waals surface area (Å²) in [6, 6.07) is 16.9. The van der Waals surface area contributed by atoms with Crippen LogP contribution in [-0.4, -0.2) is 25.5 Å². The second-order valence-electron chi connectivity index (χ2n) is 6.14. The fourth-order valence-electron chi connectivity index (χ4n) is 2.57. The first-order valence-electron chi connectivity index (χ1n) is 8.70. The number of anilines is 2. The Labute approximate surface area is 194 Å². The van der Waals surface area contributed by atoms with Crippen molar-refractivity contribution >= 4 is 49.4 Å². The van der Waals surface area contributed by atoms with Gasteiger partial charge in [0.15, 0.2) is 0 Å². The van der Waals surface area contributed by atoms with Crippen molar-refractivity contribution in [3.05, 3.63) is 81.0 Å². The third-order valence-corrected chi connectivity index (χ3v) is 5.20. The number of halogens is 2. The smallest absolute Gasteiger partial charge is 0.254 e. The van der Waals surface area contributed by atoms with E-state index in [4.69, 9.17) is 22.5 Å². The van der Waals surface area contributed by atoms with Crippen LogP contribution in [0.1, 0.15) is 15.9 Å². The Morgan fingerprint density at radius 1 is 0.839 bits per heavy atom. The average Bonchev–Trinajstić information content (AvgIpc) is 3.32. The second kappa shape index (κ2) is 9.46. The number of hydrogen-bond donors (Lipinski definition) is 3. The number of primary amides is 1. The fraction of sp³-hybridized carbons (Fsp3) is 0. The molecule has 6 N–H and O–H groups in total. The molecule has 2 aromatic carbocycles. The predicted octanol–water partition coefficient (Wildman–Crippen LogP) is 3.40. The van der Waals surface area contributed by atoms with Crippen molar-refractivity contribution in [3.8, 4) is 17.4 Å². The zero-order valence-electron chi connectivity index (χ0n) is 15.9. The van der Waals surface area contributed by atoms with Gasteiger partial charge in [0.2, 0.25) is 0 Å². The molecule has 156 valence electrons. The molecule has 2 aromatic heterocycles. The maximum Gasteiger partial charge on any atom is 0.254 e. The third kappa shape index (κ3) is 4.93. The van der Waals surface area contributed by atoms with Crippen molar-refractivity contribution < 1.29 is 4.79 Å². The molecule has 11 heteroatoms. The molecule has 0 spiro atoms. The summed E-state index contributed by atoms with van der Waals surface area (Å²) in [4.78, 5) is 11.0. The normalized spacial score (nSPS) is 10.1. The van der Waals surface area contributed by atoms with E-state index in [-0.39, 0.29) is 11.4 Å². The summed E-state index contributed by atoms with van der Waals surface area (Å²) in [6.07, 6.45) is 2.82. The van der Waals surface area contributed by atoms with E-state index in [2.05, 4.69) is 42.1 Å². The minimum Gasteiger partial charge on any atom is -0.383 e. The lowest BCUT2D eigenvalue weighted by Gasteiger charge is -2.04. The maximum atomic E-state index is 11.0. The Balaban J connectivity index is 0.000000176. The number of rotatable bonds is 3. The van der Waals surface area contributed by atoms with Crippen molar-refractivity contribution in [1.29, 1.82) is 5.26 Å². The molecule has 31 heavy (non-hydrogen) atoms. The van der Waals surface area contributed by atoms with Gasteiger partial charge in [0.1, 0.15) is 28.8 Å². The quantitative estimate of drug-likeness (QED) is 0.359. The number of nitrogens with two attached hydrogens (primary N) is 3. The number of nitrogens with zero attached hydrogens (tertiary/aromatic N) is 5. The fourth-order valence-corrected chi connectivity index (χ4v) is 3.10. The van der Waals surface area contributed by atoms with Crippen LogP contribution >= 0.6 is 31.9 Å². The number of amides is 1. The van der Waals surface area contributed by atoms with Gasteiger partial charge in [-0.3, -0.25) is 4.79 Å². The summed E-state index contributed by atoms with van der Waals surface area (Å²) in [7, 11) is 0. The molecule has 0 bridgehead atoms. The summed E-state index contributed by atoms with van der Waals surface area (Å²) in [5.41, 5.74) is 18.9. The number of carbonyl (C=O) groups is 1. The molecule has 0 saturated heterocycles. The van der Waals surface area contributed by atoms with Crippen LogP contribution in [0, 0.1) is 11.3 Å². The summed E-state index contributed by atoms with van der Waals surface area (Å²) >= 11 is 6.67. The number of nitriles is 1. The van der Waals surface area contributed by atoms with Crippen molar-refractivity contribution in [2.24, 2.45) is 5.73 Å². The number of benzene rings is 2. The molecule has 0 saturated carbocycles. The topological polar surface area (TPSA) is 155 Å². The molecule has 0 fully saturated rings. The van der Waals surface area contributed by atoms with Crippen LogP contribution in [0.4, 0.5) is 11.6 Å². The summed E-state index contributed by atoms with van der Waals surface area (Å²) in [5.74, 6) is 0.0236. The molecule has 0 atom stereocenters. The first-order valence-corrected chi connectivity index (χ1v) is 10.3. The van der Waals surface area contributed by atoms with Crippen LogP contribution in [0.2, 0.25) is 0 Å². The van der Waals surface area contributed by atoms with E-state index in [1.807, 2.05) is 54.6 Å². The van der Waals surface area contributed by atoms with Crippen molar-refractivity contribution in [2.45, 2.75) is 0 Å². The SMILES string of the molecule is N#Cc1cnn(-c2ccc(Br)cc2)c1N.NC(=O)c1cnn(-c2ccc(Br)cc2)c1N. The Morgan fingerprint density at radius 3 is 1.68 bits per heavy atom. The molecule has 1 amide bonds. The van der Waals surface area contributed by atoms with Gasteiger partial charge in [-0.25, -0.2) is 9.36 Å². The average molecular weight is 544 g/mol. The molecule has 0 radical (unpaired) electrons. The van der Waals surface area contributed by atoms with Gasteiger partial charge in [0.25, 0.3) is 5.91 Å². The van der Waals surface area contributed by atoms with Crippen LogP contribution in [-0.2, 0) is 0 Å². The predicted molar refractivity (Wildman–Crippen MR) is 125 cm³/mol. The van der Waals surface area contributed by atoms with Gasteiger partial charge < -0.3 is 17.2 Å². The van der Waals surface area contributed by atoms with Crippen LogP contribution in [0.3, 0.4) is 0 Å². The lowest BCUT2D eigenvalue weighted by atomic mass is 10.3. The lowest BCUT2D eigenvalue weighted by molar-refractivity contribution is 0.100. The molecule has 2 heterocycles.